The van der Waals surface area contributed by atoms with Gasteiger partial charge in [0, 0.05) is 22.0 Å². The van der Waals surface area contributed by atoms with Crippen molar-refractivity contribution in [2.75, 3.05) is 5.01 Å². The summed E-state index contributed by atoms with van der Waals surface area (Å²) in [5.41, 5.74) is 3.32. The van der Waals surface area contributed by atoms with Crippen LogP contribution in [0.25, 0.3) is 0 Å². The lowest BCUT2D eigenvalue weighted by atomic mass is 9.89. The first-order chi connectivity index (χ1) is 14.8. The highest BCUT2D eigenvalue weighted by Crippen LogP contribution is 2.38. The summed E-state index contributed by atoms with van der Waals surface area (Å²) >= 11 is 18.9. The summed E-state index contributed by atoms with van der Waals surface area (Å²) in [6, 6.07) is 20.1. The molecule has 0 spiro atoms. The van der Waals surface area contributed by atoms with Gasteiger partial charge in [-0.2, -0.15) is 10.4 Å². The number of anilines is 1. The Morgan fingerprint density at radius 1 is 1.06 bits per heavy atom. The van der Waals surface area contributed by atoms with Crippen LogP contribution in [-0.4, -0.2) is 12.1 Å². The minimum absolute atomic E-state index is 0.270. The highest BCUT2D eigenvalue weighted by atomic mass is 35.5. The lowest BCUT2D eigenvalue weighted by molar-refractivity contribution is -0.116. The van der Waals surface area contributed by atoms with Crippen LogP contribution in [0.4, 0.5) is 5.69 Å². The summed E-state index contributed by atoms with van der Waals surface area (Å²) in [7, 11) is 0. The quantitative estimate of drug-likeness (QED) is 0.298. The Morgan fingerprint density at radius 2 is 1.77 bits per heavy atom. The Hall–Kier alpha value is -2.84. The number of nitrogens with zero attached hydrogens (tertiary/aromatic N) is 3. The molecule has 0 heterocycles. The Morgan fingerprint density at radius 3 is 2.35 bits per heavy atom. The molecule has 0 bridgehead atoms. The van der Waals surface area contributed by atoms with Crippen molar-refractivity contribution in [1.82, 2.24) is 0 Å². The van der Waals surface area contributed by atoms with E-state index in [4.69, 9.17) is 34.8 Å². The molecule has 0 aliphatic rings. The Labute approximate surface area is 196 Å². The minimum atomic E-state index is -0.690. The number of benzene rings is 3. The third kappa shape index (κ3) is 5.26. The Balaban J connectivity index is 2.02. The molecular weight excluding hydrogens is 453 g/mol. The molecule has 1 amide bonds. The summed E-state index contributed by atoms with van der Waals surface area (Å²) < 4.78 is 0. The molecule has 0 N–H and O–H groups in total. The Kier molecular flexibility index (Phi) is 7.35. The molecule has 0 saturated heterocycles. The number of nitriles is 1. The fourth-order valence-electron chi connectivity index (χ4n) is 3.24. The van der Waals surface area contributed by atoms with Gasteiger partial charge in [-0.15, -0.1) is 0 Å². The third-order valence-electron chi connectivity index (χ3n) is 4.68. The van der Waals surface area contributed by atoms with Crippen LogP contribution in [0.5, 0.6) is 0 Å². The third-order valence-corrected chi connectivity index (χ3v) is 5.55. The van der Waals surface area contributed by atoms with Crippen LogP contribution in [0.15, 0.2) is 65.8 Å². The lowest BCUT2D eigenvalue weighted by Crippen LogP contribution is -2.22. The van der Waals surface area contributed by atoms with Crippen molar-refractivity contribution in [3.8, 4) is 6.07 Å². The summed E-state index contributed by atoms with van der Waals surface area (Å²) in [5.74, 6) is -0.960. The van der Waals surface area contributed by atoms with E-state index >= 15 is 0 Å². The van der Waals surface area contributed by atoms with Crippen molar-refractivity contribution in [2.24, 2.45) is 5.10 Å². The second kappa shape index (κ2) is 9.98. The maximum atomic E-state index is 12.2. The molecule has 0 fully saturated rings. The molecule has 0 aliphatic heterocycles. The highest BCUT2D eigenvalue weighted by molar-refractivity contribution is 6.35. The van der Waals surface area contributed by atoms with Crippen LogP contribution < -0.4 is 5.01 Å². The van der Waals surface area contributed by atoms with Crippen molar-refractivity contribution in [3.05, 3.63) is 98.0 Å². The average Bonchev–Trinajstić information content (AvgIpc) is 2.72. The lowest BCUT2D eigenvalue weighted by Gasteiger charge is -2.21. The van der Waals surface area contributed by atoms with Gasteiger partial charge in [-0.1, -0.05) is 71.2 Å². The van der Waals surface area contributed by atoms with Crippen LogP contribution in [-0.2, 0) is 4.79 Å². The first kappa shape index (κ1) is 22.8. The maximum Gasteiger partial charge on any atom is 0.244 e. The molecule has 3 aromatic carbocycles. The van der Waals surface area contributed by atoms with Crippen molar-refractivity contribution < 1.29 is 4.79 Å². The van der Waals surface area contributed by atoms with E-state index in [0.717, 1.165) is 11.1 Å². The fourth-order valence-corrected chi connectivity index (χ4v) is 4.13. The van der Waals surface area contributed by atoms with Gasteiger partial charge in [0.1, 0.15) is 0 Å². The largest absolute Gasteiger partial charge is 0.273 e. The number of aryl methyl sites for hydroxylation is 1. The highest BCUT2D eigenvalue weighted by Gasteiger charge is 2.23. The van der Waals surface area contributed by atoms with Gasteiger partial charge in [0.25, 0.3) is 0 Å². The zero-order chi connectivity index (χ0) is 22.5. The zero-order valence-corrected chi connectivity index (χ0v) is 19.1. The van der Waals surface area contributed by atoms with Crippen LogP contribution in [0.3, 0.4) is 0 Å². The molecule has 1 unspecified atom stereocenters. The summed E-state index contributed by atoms with van der Waals surface area (Å²) in [5, 5.41) is 16.7. The zero-order valence-electron chi connectivity index (χ0n) is 16.8. The van der Waals surface area contributed by atoms with Gasteiger partial charge in [0.05, 0.1) is 23.9 Å². The van der Waals surface area contributed by atoms with Crippen LogP contribution in [0, 0.1) is 18.3 Å². The van der Waals surface area contributed by atoms with Crippen molar-refractivity contribution >= 4 is 52.6 Å². The van der Waals surface area contributed by atoms with E-state index in [1.54, 1.807) is 36.5 Å². The minimum Gasteiger partial charge on any atom is -0.273 e. The molecule has 4 nitrogen and oxygen atoms in total. The van der Waals surface area contributed by atoms with Gasteiger partial charge in [-0.3, -0.25) is 4.79 Å². The van der Waals surface area contributed by atoms with E-state index in [2.05, 4.69) is 11.2 Å². The average molecular weight is 471 g/mol. The van der Waals surface area contributed by atoms with E-state index in [-0.39, 0.29) is 5.91 Å². The molecule has 0 radical (unpaired) electrons. The van der Waals surface area contributed by atoms with Crippen LogP contribution in [0.1, 0.15) is 35.1 Å². The van der Waals surface area contributed by atoms with Gasteiger partial charge in [0.2, 0.25) is 5.91 Å². The molecule has 0 aromatic heterocycles. The number of hydrazone groups is 1. The molecule has 1 atom stereocenters. The molecule has 0 aliphatic carbocycles. The number of hydrogen-bond acceptors (Lipinski definition) is 3. The van der Waals surface area contributed by atoms with E-state index in [1.165, 1.54) is 11.9 Å². The molecule has 0 saturated carbocycles. The molecule has 3 rings (SSSR count). The number of amides is 1. The SMILES string of the molecule is CC(=O)N(/N=C/c1ccccc1)c1cc(C)c(C(C#N)c2ccc(Cl)cc2Cl)c(Cl)c1. The number of hydrogen-bond donors (Lipinski definition) is 0. The number of rotatable bonds is 5. The number of halogens is 3. The Bertz CT molecular complexity index is 1160. The van der Waals surface area contributed by atoms with E-state index in [1.807, 2.05) is 37.3 Å². The van der Waals surface area contributed by atoms with Crippen molar-refractivity contribution in [2.45, 2.75) is 19.8 Å². The molecular formula is C24H18Cl3N3O. The van der Waals surface area contributed by atoms with E-state index in [9.17, 15) is 10.1 Å². The number of carbonyl (C=O) groups excluding carboxylic acids is 1. The van der Waals surface area contributed by atoms with Gasteiger partial charge in [0.15, 0.2) is 0 Å². The van der Waals surface area contributed by atoms with Crippen LogP contribution >= 0.6 is 34.8 Å². The normalized spacial score (nSPS) is 11.9. The van der Waals surface area contributed by atoms with Crippen molar-refractivity contribution in [1.29, 1.82) is 5.26 Å². The maximum absolute atomic E-state index is 12.2. The van der Waals surface area contributed by atoms with Gasteiger partial charge in [-0.05, 0) is 53.4 Å². The summed E-state index contributed by atoms with van der Waals surface area (Å²) in [6.07, 6.45) is 1.60. The summed E-state index contributed by atoms with van der Waals surface area (Å²) in [6.45, 7) is 3.25. The summed E-state index contributed by atoms with van der Waals surface area (Å²) in [4.78, 5) is 12.2. The molecule has 3 aromatic rings. The van der Waals surface area contributed by atoms with Crippen molar-refractivity contribution in [3.63, 3.8) is 0 Å². The first-order valence-electron chi connectivity index (χ1n) is 9.36. The molecule has 31 heavy (non-hydrogen) atoms. The topological polar surface area (TPSA) is 56.5 Å². The van der Waals surface area contributed by atoms with Gasteiger partial charge >= 0.3 is 0 Å². The first-order valence-corrected chi connectivity index (χ1v) is 10.5. The van der Waals surface area contributed by atoms with Gasteiger partial charge in [-0.25, -0.2) is 5.01 Å². The molecule has 7 heteroatoms. The predicted molar refractivity (Wildman–Crippen MR) is 127 cm³/mol. The smallest absolute Gasteiger partial charge is 0.244 e. The monoisotopic (exact) mass is 469 g/mol. The second-order valence-electron chi connectivity index (χ2n) is 6.87. The molecule has 156 valence electrons. The van der Waals surface area contributed by atoms with E-state index < -0.39 is 5.92 Å². The standard InChI is InChI=1S/C24H18Cl3N3O/c1-15-10-19(30(16(2)31)29-14-17-6-4-3-5-7-17)12-23(27)24(15)21(13-28)20-9-8-18(25)11-22(20)26/h3-12,14,21H,1-2H3/b29-14+. The predicted octanol–water partition coefficient (Wildman–Crippen LogP) is 7.00. The van der Waals surface area contributed by atoms with Gasteiger partial charge < -0.3 is 0 Å². The van der Waals surface area contributed by atoms with Crippen LogP contribution in [0.2, 0.25) is 15.1 Å². The number of carbonyl (C=O) groups is 1. The fraction of sp³-hybridized carbons (Fsp3) is 0.125. The van der Waals surface area contributed by atoms with E-state index in [0.29, 0.717) is 31.9 Å². The second-order valence-corrected chi connectivity index (χ2v) is 8.12.